The van der Waals surface area contributed by atoms with E-state index in [1.54, 1.807) is 24.3 Å². The molecule has 1 heterocycles. The van der Waals surface area contributed by atoms with Crippen LogP contribution in [0.15, 0.2) is 54.7 Å². The topological polar surface area (TPSA) is 68.7 Å². The number of fused-ring (bicyclic) bond motifs is 1. The lowest BCUT2D eigenvalue weighted by molar-refractivity contribution is -0.115. The number of nitrogens with one attached hydrogen (secondary N) is 2. The van der Waals surface area contributed by atoms with Crippen LogP contribution in [0.4, 0.5) is 5.69 Å². The van der Waals surface area contributed by atoms with Crippen molar-refractivity contribution >= 4 is 22.5 Å². The van der Waals surface area contributed by atoms with Gasteiger partial charge >= 0.3 is 0 Å². The molecule has 4 nitrogen and oxygen atoms in total. The highest BCUT2D eigenvalue weighted by atomic mass is 16.1. The SMILES string of the molecule is N#Cc1ccc(NC(=O)Cc2ccc3cc[nH]c3c2)cc1. The summed E-state index contributed by atoms with van der Waals surface area (Å²) in [5.41, 5.74) is 3.25. The Bertz CT molecular complexity index is 825. The number of anilines is 1. The van der Waals surface area contributed by atoms with E-state index < -0.39 is 0 Å². The van der Waals surface area contributed by atoms with Crippen molar-refractivity contribution in [1.82, 2.24) is 4.98 Å². The van der Waals surface area contributed by atoms with Crippen LogP contribution in [0.5, 0.6) is 0 Å². The summed E-state index contributed by atoms with van der Waals surface area (Å²) in [5, 5.41) is 12.7. The van der Waals surface area contributed by atoms with E-state index in [-0.39, 0.29) is 5.91 Å². The Morgan fingerprint density at radius 3 is 2.71 bits per heavy atom. The van der Waals surface area contributed by atoms with Crippen LogP contribution in [0.1, 0.15) is 11.1 Å². The molecule has 0 aliphatic rings. The minimum absolute atomic E-state index is 0.0781. The average Bonchev–Trinajstić information content (AvgIpc) is 2.95. The highest BCUT2D eigenvalue weighted by Crippen LogP contribution is 2.15. The normalized spacial score (nSPS) is 10.2. The molecule has 1 amide bonds. The fourth-order valence-electron chi connectivity index (χ4n) is 2.22. The zero-order valence-electron chi connectivity index (χ0n) is 11.3. The number of H-pyrrole nitrogens is 1. The van der Waals surface area contributed by atoms with E-state index in [2.05, 4.69) is 10.3 Å². The Kier molecular flexibility index (Phi) is 3.40. The van der Waals surface area contributed by atoms with Gasteiger partial charge in [0, 0.05) is 17.4 Å². The Morgan fingerprint density at radius 1 is 1.14 bits per heavy atom. The molecule has 2 N–H and O–H groups in total. The van der Waals surface area contributed by atoms with Crippen LogP contribution in [0.2, 0.25) is 0 Å². The molecule has 102 valence electrons. The van der Waals surface area contributed by atoms with Crippen LogP contribution in [0.25, 0.3) is 10.9 Å². The smallest absolute Gasteiger partial charge is 0.228 e. The second-order valence-corrected chi connectivity index (χ2v) is 4.81. The second kappa shape index (κ2) is 5.51. The number of carbonyl (C=O) groups excluding carboxylic acids is 1. The fourth-order valence-corrected chi connectivity index (χ4v) is 2.22. The third kappa shape index (κ3) is 2.93. The number of nitriles is 1. The number of hydrogen-bond acceptors (Lipinski definition) is 2. The fraction of sp³-hybridized carbons (Fsp3) is 0.0588. The summed E-state index contributed by atoms with van der Waals surface area (Å²) < 4.78 is 0. The van der Waals surface area contributed by atoms with Crippen molar-refractivity contribution in [2.75, 3.05) is 5.32 Å². The molecule has 3 rings (SSSR count). The molecule has 3 aromatic rings. The van der Waals surface area contributed by atoms with Gasteiger partial charge in [0.2, 0.25) is 5.91 Å². The van der Waals surface area contributed by atoms with Crippen LogP contribution in [-0.4, -0.2) is 10.9 Å². The van der Waals surface area contributed by atoms with E-state index in [9.17, 15) is 4.79 Å². The standard InChI is InChI=1S/C17H13N3O/c18-11-12-2-5-15(6-3-12)20-17(21)10-13-1-4-14-7-8-19-16(14)9-13/h1-9,19H,10H2,(H,20,21). The largest absolute Gasteiger partial charge is 0.361 e. The minimum atomic E-state index is -0.0781. The Balaban J connectivity index is 1.69. The molecule has 21 heavy (non-hydrogen) atoms. The van der Waals surface area contributed by atoms with Crippen LogP contribution >= 0.6 is 0 Å². The number of carbonyl (C=O) groups is 1. The number of aromatic nitrogens is 1. The monoisotopic (exact) mass is 275 g/mol. The van der Waals surface area contributed by atoms with Gasteiger partial charge in [0.05, 0.1) is 18.1 Å². The zero-order valence-corrected chi connectivity index (χ0v) is 11.3. The second-order valence-electron chi connectivity index (χ2n) is 4.81. The van der Waals surface area contributed by atoms with E-state index in [1.165, 1.54) is 0 Å². The maximum absolute atomic E-state index is 12.0. The van der Waals surface area contributed by atoms with Crippen LogP contribution in [-0.2, 0) is 11.2 Å². The summed E-state index contributed by atoms with van der Waals surface area (Å²) >= 11 is 0. The van der Waals surface area contributed by atoms with E-state index in [1.807, 2.05) is 36.5 Å². The summed E-state index contributed by atoms with van der Waals surface area (Å²) in [7, 11) is 0. The number of rotatable bonds is 3. The van der Waals surface area contributed by atoms with Crippen molar-refractivity contribution < 1.29 is 4.79 Å². The van der Waals surface area contributed by atoms with Crippen LogP contribution in [0, 0.1) is 11.3 Å². The molecular formula is C17H13N3O. The molecule has 1 aromatic heterocycles. The molecule has 0 atom stereocenters. The van der Waals surface area contributed by atoms with Gasteiger partial charge in [-0.05, 0) is 47.3 Å². The van der Waals surface area contributed by atoms with E-state index in [0.717, 1.165) is 16.5 Å². The summed E-state index contributed by atoms with van der Waals surface area (Å²) in [5.74, 6) is -0.0781. The first-order chi connectivity index (χ1) is 10.2. The number of benzene rings is 2. The lowest BCUT2D eigenvalue weighted by Gasteiger charge is -2.05. The van der Waals surface area contributed by atoms with Gasteiger partial charge in [-0.2, -0.15) is 5.26 Å². The van der Waals surface area contributed by atoms with E-state index in [0.29, 0.717) is 17.7 Å². The summed E-state index contributed by atoms with van der Waals surface area (Å²) in [4.78, 5) is 15.2. The highest BCUT2D eigenvalue weighted by molar-refractivity contribution is 5.93. The number of nitrogens with zero attached hydrogens (tertiary/aromatic N) is 1. The van der Waals surface area contributed by atoms with E-state index >= 15 is 0 Å². The van der Waals surface area contributed by atoms with Gasteiger partial charge in [0.25, 0.3) is 0 Å². The van der Waals surface area contributed by atoms with Gasteiger partial charge in [0.1, 0.15) is 0 Å². The number of hydrogen-bond donors (Lipinski definition) is 2. The first-order valence-electron chi connectivity index (χ1n) is 6.60. The maximum Gasteiger partial charge on any atom is 0.228 e. The number of aromatic amines is 1. The average molecular weight is 275 g/mol. The van der Waals surface area contributed by atoms with Crippen molar-refractivity contribution in [2.24, 2.45) is 0 Å². The van der Waals surface area contributed by atoms with Gasteiger partial charge < -0.3 is 10.3 Å². The Hall–Kier alpha value is -3.06. The molecule has 2 aromatic carbocycles. The molecule has 0 spiro atoms. The first kappa shape index (κ1) is 12.9. The van der Waals surface area contributed by atoms with Crippen LogP contribution < -0.4 is 5.32 Å². The summed E-state index contributed by atoms with van der Waals surface area (Å²) in [6.07, 6.45) is 2.19. The van der Waals surface area contributed by atoms with Gasteiger partial charge in [-0.25, -0.2) is 0 Å². The third-order valence-corrected chi connectivity index (χ3v) is 3.28. The summed E-state index contributed by atoms with van der Waals surface area (Å²) in [6.45, 7) is 0. The van der Waals surface area contributed by atoms with E-state index in [4.69, 9.17) is 5.26 Å². The van der Waals surface area contributed by atoms with Gasteiger partial charge in [-0.3, -0.25) is 4.79 Å². The third-order valence-electron chi connectivity index (χ3n) is 3.28. The maximum atomic E-state index is 12.0. The predicted octanol–water partition coefficient (Wildman–Crippen LogP) is 3.22. The van der Waals surface area contributed by atoms with Crippen molar-refractivity contribution in [2.45, 2.75) is 6.42 Å². The summed E-state index contributed by atoms with van der Waals surface area (Å²) in [6, 6.07) is 16.8. The Morgan fingerprint density at radius 2 is 1.95 bits per heavy atom. The lowest BCUT2D eigenvalue weighted by atomic mass is 10.1. The van der Waals surface area contributed by atoms with Crippen molar-refractivity contribution in [1.29, 1.82) is 5.26 Å². The highest BCUT2D eigenvalue weighted by Gasteiger charge is 2.05. The van der Waals surface area contributed by atoms with Crippen molar-refractivity contribution in [3.05, 3.63) is 65.9 Å². The molecule has 0 unspecified atom stereocenters. The quantitative estimate of drug-likeness (QED) is 0.770. The Labute approximate surface area is 122 Å². The molecule has 0 saturated carbocycles. The van der Waals surface area contributed by atoms with Gasteiger partial charge in [0.15, 0.2) is 0 Å². The van der Waals surface area contributed by atoms with Crippen LogP contribution in [0.3, 0.4) is 0 Å². The molecule has 4 heteroatoms. The zero-order chi connectivity index (χ0) is 14.7. The molecule has 0 aliphatic carbocycles. The minimum Gasteiger partial charge on any atom is -0.361 e. The molecule has 0 bridgehead atoms. The van der Waals surface area contributed by atoms with Crippen molar-refractivity contribution in [3.63, 3.8) is 0 Å². The van der Waals surface area contributed by atoms with Crippen molar-refractivity contribution in [3.8, 4) is 6.07 Å². The molecule has 0 radical (unpaired) electrons. The first-order valence-corrected chi connectivity index (χ1v) is 6.60. The predicted molar refractivity (Wildman–Crippen MR) is 81.8 cm³/mol. The van der Waals surface area contributed by atoms with Gasteiger partial charge in [-0.1, -0.05) is 12.1 Å². The molecule has 0 fully saturated rings. The molecular weight excluding hydrogens is 262 g/mol. The molecule has 0 saturated heterocycles. The number of amides is 1. The van der Waals surface area contributed by atoms with Gasteiger partial charge in [-0.15, -0.1) is 0 Å². The molecule has 0 aliphatic heterocycles. The lowest BCUT2D eigenvalue weighted by Crippen LogP contribution is -2.14.